The molecule has 0 aromatic heterocycles. The molecule has 0 saturated carbocycles. The highest BCUT2D eigenvalue weighted by molar-refractivity contribution is 5.94. The number of carbonyl (C=O) groups excluding carboxylic acids is 2. The highest BCUT2D eigenvalue weighted by Gasteiger charge is 1.99. The van der Waals surface area contributed by atoms with Crippen LogP contribution < -0.4 is 0 Å². The Kier molecular flexibility index (Phi) is 3.61. The lowest BCUT2D eigenvalue weighted by Gasteiger charge is -1.93. The Morgan fingerprint density at radius 1 is 1.21 bits per heavy atom. The first-order valence-corrected chi connectivity index (χ1v) is 4.14. The smallest absolute Gasteiger partial charge is 0.338 e. The lowest BCUT2D eigenvalue weighted by atomic mass is 10.2. The maximum Gasteiger partial charge on any atom is 0.338 e. The Bertz CT molecular complexity index is 352. The number of esters is 2. The summed E-state index contributed by atoms with van der Waals surface area (Å²) in [6.07, 6.45) is 2.81. The summed E-state index contributed by atoms with van der Waals surface area (Å²) < 4.78 is 4.31. The summed E-state index contributed by atoms with van der Waals surface area (Å²) in [5, 5.41) is 0. The van der Waals surface area contributed by atoms with Gasteiger partial charge in [0, 0.05) is 13.0 Å². The Labute approximate surface area is 82.0 Å². The Morgan fingerprint density at radius 2 is 1.86 bits per heavy atom. The molecule has 1 aromatic rings. The average Bonchev–Trinajstić information content (AvgIpc) is 2.15. The normalized spacial score (nSPS) is 10.1. The van der Waals surface area contributed by atoms with Gasteiger partial charge in [0.05, 0.1) is 0 Å². The fraction of sp³-hybridized carbons (Fsp3) is 0.0909. The molecule has 3 heteroatoms. The van der Waals surface area contributed by atoms with Gasteiger partial charge in [-0.25, -0.2) is 4.79 Å². The van der Waals surface area contributed by atoms with E-state index in [4.69, 9.17) is 0 Å². The molecule has 0 unspecified atom stereocenters. The molecule has 0 amide bonds. The Morgan fingerprint density at radius 3 is 2.43 bits per heavy atom. The van der Waals surface area contributed by atoms with Gasteiger partial charge in [-0.3, -0.25) is 4.79 Å². The summed E-state index contributed by atoms with van der Waals surface area (Å²) in [5.74, 6) is -1.26. The van der Waals surface area contributed by atoms with Crippen LogP contribution in [-0.2, 0) is 14.3 Å². The van der Waals surface area contributed by atoms with Gasteiger partial charge in [0.1, 0.15) is 0 Å². The number of carbonyl (C=O) groups is 2. The van der Waals surface area contributed by atoms with Gasteiger partial charge in [-0.05, 0) is 11.6 Å². The standard InChI is InChI=1S/C11H10O3/c1-9(12)14-11(13)8-7-10-5-3-2-4-6-10/h2-8H,1H3. The predicted octanol–water partition coefficient (Wildman–Crippen LogP) is 1.79. The molecule has 0 aliphatic carbocycles. The minimum absolute atomic E-state index is 0.604. The van der Waals surface area contributed by atoms with Crippen molar-refractivity contribution in [1.82, 2.24) is 0 Å². The number of hydrogen-bond acceptors (Lipinski definition) is 3. The van der Waals surface area contributed by atoms with Crippen molar-refractivity contribution in [2.45, 2.75) is 6.92 Å². The van der Waals surface area contributed by atoms with Crippen LogP contribution in [0.2, 0.25) is 0 Å². The van der Waals surface area contributed by atoms with Crippen molar-refractivity contribution in [3.63, 3.8) is 0 Å². The summed E-state index contributed by atoms with van der Waals surface area (Å²) in [4.78, 5) is 21.3. The third-order valence-electron chi connectivity index (χ3n) is 1.46. The van der Waals surface area contributed by atoms with Gasteiger partial charge >= 0.3 is 11.9 Å². The van der Waals surface area contributed by atoms with E-state index in [2.05, 4.69) is 4.74 Å². The number of hydrogen-bond donors (Lipinski definition) is 0. The van der Waals surface area contributed by atoms with E-state index >= 15 is 0 Å². The molecule has 0 fully saturated rings. The Balaban J connectivity index is 2.56. The van der Waals surface area contributed by atoms with Gasteiger partial charge in [-0.15, -0.1) is 0 Å². The topological polar surface area (TPSA) is 43.4 Å². The first-order chi connectivity index (χ1) is 6.68. The third kappa shape index (κ3) is 3.67. The molecule has 1 rings (SSSR count). The van der Waals surface area contributed by atoms with Gasteiger partial charge in [0.15, 0.2) is 0 Å². The fourth-order valence-corrected chi connectivity index (χ4v) is 0.904. The van der Waals surface area contributed by atoms with E-state index in [-0.39, 0.29) is 0 Å². The van der Waals surface area contributed by atoms with Crippen LogP contribution in [0.4, 0.5) is 0 Å². The zero-order chi connectivity index (χ0) is 10.4. The van der Waals surface area contributed by atoms with Gasteiger partial charge in [-0.2, -0.15) is 0 Å². The van der Waals surface area contributed by atoms with Crippen molar-refractivity contribution in [3.8, 4) is 0 Å². The SMILES string of the molecule is CC(=O)OC(=O)C=Cc1ccccc1. The van der Waals surface area contributed by atoms with Crippen LogP contribution in [0.5, 0.6) is 0 Å². The molecule has 3 nitrogen and oxygen atoms in total. The molecule has 0 N–H and O–H groups in total. The molecule has 0 aliphatic heterocycles. The zero-order valence-electron chi connectivity index (χ0n) is 7.77. The summed E-state index contributed by atoms with van der Waals surface area (Å²) in [6.45, 7) is 1.19. The predicted molar refractivity (Wildman–Crippen MR) is 52.2 cm³/mol. The molecule has 0 saturated heterocycles. The molecule has 0 heterocycles. The van der Waals surface area contributed by atoms with E-state index in [1.54, 1.807) is 6.08 Å². The van der Waals surface area contributed by atoms with Crippen LogP contribution in [0.1, 0.15) is 12.5 Å². The first kappa shape index (κ1) is 10.2. The van der Waals surface area contributed by atoms with Crippen molar-refractivity contribution in [3.05, 3.63) is 42.0 Å². The largest absolute Gasteiger partial charge is 0.390 e. The van der Waals surface area contributed by atoms with Crippen molar-refractivity contribution in [2.24, 2.45) is 0 Å². The third-order valence-corrected chi connectivity index (χ3v) is 1.46. The second-order valence-corrected chi connectivity index (χ2v) is 2.66. The first-order valence-electron chi connectivity index (χ1n) is 4.14. The van der Waals surface area contributed by atoms with Crippen LogP contribution in [0, 0.1) is 0 Å². The average molecular weight is 190 g/mol. The summed E-state index contributed by atoms with van der Waals surface area (Å²) >= 11 is 0. The highest BCUT2D eigenvalue weighted by Crippen LogP contribution is 2.00. The van der Waals surface area contributed by atoms with Gasteiger partial charge in [-0.1, -0.05) is 30.3 Å². The quantitative estimate of drug-likeness (QED) is 0.405. The maximum absolute atomic E-state index is 10.9. The van der Waals surface area contributed by atoms with Gasteiger partial charge in [0.25, 0.3) is 0 Å². The van der Waals surface area contributed by atoms with Crippen molar-refractivity contribution >= 4 is 18.0 Å². The molecule has 72 valence electrons. The molecule has 0 radical (unpaired) electrons. The van der Waals surface area contributed by atoms with E-state index in [1.165, 1.54) is 13.0 Å². The van der Waals surface area contributed by atoms with Crippen LogP contribution in [-0.4, -0.2) is 11.9 Å². The molecule has 0 bridgehead atoms. The van der Waals surface area contributed by atoms with Crippen LogP contribution in [0.25, 0.3) is 6.08 Å². The van der Waals surface area contributed by atoms with Crippen molar-refractivity contribution < 1.29 is 14.3 Å². The lowest BCUT2D eigenvalue weighted by Crippen LogP contribution is -2.05. The maximum atomic E-state index is 10.9. The molecule has 0 spiro atoms. The summed E-state index contributed by atoms with van der Waals surface area (Å²) in [6, 6.07) is 9.28. The Hall–Kier alpha value is -1.90. The highest BCUT2D eigenvalue weighted by atomic mass is 16.6. The van der Waals surface area contributed by atoms with Gasteiger partial charge in [0.2, 0.25) is 0 Å². The van der Waals surface area contributed by atoms with Crippen molar-refractivity contribution in [2.75, 3.05) is 0 Å². The second kappa shape index (κ2) is 4.97. The van der Waals surface area contributed by atoms with Gasteiger partial charge < -0.3 is 4.74 Å². The number of benzene rings is 1. The van der Waals surface area contributed by atoms with Crippen LogP contribution in [0.15, 0.2) is 36.4 Å². The van der Waals surface area contributed by atoms with E-state index in [0.29, 0.717) is 0 Å². The molecule has 0 atom stereocenters. The zero-order valence-corrected chi connectivity index (χ0v) is 7.77. The van der Waals surface area contributed by atoms with Crippen LogP contribution in [0.3, 0.4) is 0 Å². The number of rotatable bonds is 2. The molecule has 0 aliphatic rings. The monoisotopic (exact) mass is 190 g/mol. The molecular formula is C11H10O3. The molecule has 14 heavy (non-hydrogen) atoms. The summed E-state index contributed by atoms with van der Waals surface area (Å²) in [5.41, 5.74) is 0.882. The molecular weight excluding hydrogens is 180 g/mol. The minimum Gasteiger partial charge on any atom is -0.390 e. The minimum atomic E-state index is -0.652. The number of ether oxygens (including phenoxy) is 1. The van der Waals surface area contributed by atoms with Crippen LogP contribution >= 0.6 is 0 Å². The fourth-order valence-electron chi connectivity index (χ4n) is 0.904. The molecule has 1 aromatic carbocycles. The van der Waals surface area contributed by atoms with E-state index in [1.807, 2.05) is 30.3 Å². The lowest BCUT2D eigenvalue weighted by molar-refractivity contribution is -0.154. The van der Waals surface area contributed by atoms with Crippen molar-refractivity contribution in [1.29, 1.82) is 0 Å². The second-order valence-electron chi connectivity index (χ2n) is 2.66. The summed E-state index contributed by atoms with van der Waals surface area (Å²) in [7, 11) is 0. The van der Waals surface area contributed by atoms with E-state index < -0.39 is 11.9 Å². The van der Waals surface area contributed by atoms with E-state index in [9.17, 15) is 9.59 Å². The van der Waals surface area contributed by atoms with E-state index in [0.717, 1.165) is 5.56 Å².